The summed E-state index contributed by atoms with van der Waals surface area (Å²) in [7, 11) is -4.62. The molecule has 1 saturated heterocycles. The molecule has 17 heteroatoms. The number of ether oxygens (including phenoxy) is 1. The van der Waals surface area contributed by atoms with Crippen molar-refractivity contribution in [2.24, 2.45) is 11.3 Å². The Morgan fingerprint density at radius 1 is 1.02 bits per heavy atom. The molecule has 0 spiro atoms. The fraction of sp³-hybridized carbons (Fsp3) is 0.408. The molecule has 346 valence electrons. The third-order valence-electron chi connectivity index (χ3n) is 13.9. The predicted molar refractivity (Wildman–Crippen MR) is 256 cm³/mol. The monoisotopic (exact) mass is 934 g/mol. The molecule has 66 heavy (non-hydrogen) atoms. The standard InChI is InChI=1S/C49H55ClN8O7S/c1-4-49(60)18-13-32(14-19-49)31-65-45-12-10-38(27-44(45)58(61)62)66(63,64)54-47(59)39-11-9-37(26-42(39)57-43-25-34-16-20-51-46(34)53-41(43)29-52-57)56-23-21-55(22-24-56)30-35-15-17-48(2,3)28-40(35)33-5-7-36(50)8-6-33/h5-12,16,20,25-27,29,32,60H,4,13-15,17-19,21-24,28,30-31H2,1-3H3,(H,51,53)(H,54,59). The van der Waals surface area contributed by atoms with Gasteiger partial charge in [0.05, 0.1) is 45.0 Å². The maximum absolute atomic E-state index is 14.2. The summed E-state index contributed by atoms with van der Waals surface area (Å²) in [4.78, 5) is 37.9. The molecule has 6 aromatic rings. The van der Waals surface area contributed by atoms with Crippen LogP contribution in [-0.2, 0) is 10.0 Å². The lowest BCUT2D eigenvalue weighted by Gasteiger charge is -2.39. The molecule has 1 amide bonds. The van der Waals surface area contributed by atoms with Gasteiger partial charge >= 0.3 is 5.69 Å². The number of amides is 1. The van der Waals surface area contributed by atoms with E-state index in [9.17, 15) is 28.4 Å². The van der Waals surface area contributed by atoms with E-state index in [4.69, 9.17) is 21.3 Å². The van der Waals surface area contributed by atoms with Crippen LogP contribution in [0.5, 0.6) is 5.75 Å². The van der Waals surface area contributed by atoms with Crippen LogP contribution in [0, 0.1) is 21.4 Å². The number of aromatic amines is 1. The Morgan fingerprint density at radius 3 is 2.50 bits per heavy atom. The number of anilines is 1. The smallest absolute Gasteiger partial charge is 0.312 e. The number of pyridine rings is 1. The molecule has 3 aromatic heterocycles. The van der Waals surface area contributed by atoms with Crippen molar-refractivity contribution in [3.05, 3.63) is 117 Å². The van der Waals surface area contributed by atoms with E-state index >= 15 is 0 Å². The van der Waals surface area contributed by atoms with E-state index in [1.165, 1.54) is 28.8 Å². The molecule has 2 fully saturated rings. The molecule has 0 atom stereocenters. The van der Waals surface area contributed by atoms with Crippen molar-refractivity contribution >= 4 is 66.5 Å². The van der Waals surface area contributed by atoms with Gasteiger partial charge in [0.2, 0.25) is 0 Å². The summed E-state index contributed by atoms with van der Waals surface area (Å²) < 4.78 is 37.4. The third-order valence-corrected chi connectivity index (χ3v) is 15.5. The Morgan fingerprint density at radius 2 is 1.77 bits per heavy atom. The van der Waals surface area contributed by atoms with Gasteiger partial charge in [0.1, 0.15) is 11.2 Å². The maximum atomic E-state index is 14.2. The first-order chi connectivity index (χ1) is 31.6. The number of H-pyrrole nitrogens is 1. The number of nitrogens with one attached hydrogen (secondary N) is 2. The Hall–Kier alpha value is -5.81. The molecule has 3 N–H and O–H groups in total. The predicted octanol–water partition coefficient (Wildman–Crippen LogP) is 9.08. The SMILES string of the molecule is CCC1(O)CCC(COc2ccc(S(=O)(=O)NC(=O)c3ccc(N4CCN(CC5=C(c6ccc(Cl)cc6)CC(C)(C)CC5)CC4)cc3-n3ncc4nc5[nH]ccc5cc43)cc2[N+](=O)[O-])CC1. The Balaban J connectivity index is 0.959. The lowest BCUT2D eigenvalue weighted by atomic mass is 9.72. The van der Waals surface area contributed by atoms with Gasteiger partial charge in [0.25, 0.3) is 15.9 Å². The molecule has 2 aliphatic carbocycles. The summed E-state index contributed by atoms with van der Waals surface area (Å²) >= 11 is 6.26. The number of benzene rings is 3. The number of carbonyl (C=O) groups excluding carboxylic acids is 1. The van der Waals surface area contributed by atoms with Crippen LogP contribution in [-0.4, -0.2) is 93.9 Å². The number of aromatic nitrogens is 4. The molecule has 4 heterocycles. The van der Waals surface area contributed by atoms with Gasteiger partial charge in [-0.3, -0.25) is 19.8 Å². The molecule has 15 nitrogen and oxygen atoms in total. The fourth-order valence-corrected chi connectivity index (χ4v) is 10.8. The number of carbonyl (C=O) groups is 1. The zero-order valence-electron chi connectivity index (χ0n) is 37.4. The Kier molecular flexibility index (Phi) is 12.4. The van der Waals surface area contributed by atoms with Gasteiger partial charge in [-0.25, -0.2) is 22.8 Å². The number of piperazine rings is 1. The summed E-state index contributed by atoms with van der Waals surface area (Å²) in [6, 6.07) is 20.6. The van der Waals surface area contributed by atoms with Crippen molar-refractivity contribution in [2.75, 3.05) is 44.2 Å². The van der Waals surface area contributed by atoms with Crippen molar-refractivity contribution in [1.29, 1.82) is 0 Å². The van der Waals surface area contributed by atoms with E-state index in [0.717, 1.165) is 74.1 Å². The highest BCUT2D eigenvalue weighted by atomic mass is 35.5. The van der Waals surface area contributed by atoms with E-state index in [2.05, 4.69) is 50.6 Å². The summed E-state index contributed by atoms with van der Waals surface area (Å²) in [5.41, 5.74) is 6.15. The fourth-order valence-electron chi connectivity index (χ4n) is 9.71. The number of fused-ring (bicyclic) bond motifs is 2. The molecule has 3 aliphatic rings. The van der Waals surface area contributed by atoms with Gasteiger partial charge < -0.3 is 19.7 Å². The number of hydrogen-bond donors (Lipinski definition) is 3. The molecule has 0 unspecified atom stereocenters. The van der Waals surface area contributed by atoms with Gasteiger partial charge in [-0.05, 0) is 128 Å². The minimum absolute atomic E-state index is 0.0268. The number of halogens is 1. The van der Waals surface area contributed by atoms with E-state index in [0.29, 0.717) is 54.5 Å². The second-order valence-electron chi connectivity index (χ2n) is 18.9. The van der Waals surface area contributed by atoms with Crippen molar-refractivity contribution in [2.45, 2.75) is 82.6 Å². The van der Waals surface area contributed by atoms with Crippen LogP contribution in [0.1, 0.15) is 88.1 Å². The second-order valence-corrected chi connectivity index (χ2v) is 21.0. The minimum Gasteiger partial charge on any atom is -0.487 e. The van der Waals surface area contributed by atoms with Crippen molar-refractivity contribution in [1.82, 2.24) is 29.4 Å². The largest absolute Gasteiger partial charge is 0.487 e. The minimum atomic E-state index is -4.62. The summed E-state index contributed by atoms with van der Waals surface area (Å²) in [6.45, 7) is 10.8. The maximum Gasteiger partial charge on any atom is 0.312 e. The lowest BCUT2D eigenvalue weighted by molar-refractivity contribution is -0.386. The molecule has 3 aromatic carbocycles. The van der Waals surface area contributed by atoms with Crippen LogP contribution < -0.4 is 14.4 Å². The van der Waals surface area contributed by atoms with E-state index in [-0.39, 0.29) is 29.3 Å². The Bertz CT molecular complexity index is 2950. The molecule has 9 rings (SSSR count). The van der Waals surface area contributed by atoms with Crippen molar-refractivity contribution in [3.63, 3.8) is 0 Å². The van der Waals surface area contributed by atoms with Gasteiger partial charge in [0.15, 0.2) is 5.75 Å². The highest BCUT2D eigenvalue weighted by Gasteiger charge is 2.33. The topological polar surface area (TPSA) is 189 Å². The number of hydrogen-bond acceptors (Lipinski definition) is 11. The van der Waals surface area contributed by atoms with Crippen molar-refractivity contribution in [3.8, 4) is 11.4 Å². The number of rotatable bonds is 13. The number of nitro benzene ring substituents is 1. The molecular formula is C49H55ClN8O7S. The molecule has 1 aliphatic heterocycles. The number of aliphatic hydroxyl groups is 1. The third kappa shape index (κ3) is 9.55. The quantitative estimate of drug-likeness (QED) is 0.0740. The number of sulfonamides is 1. The first-order valence-electron chi connectivity index (χ1n) is 22.7. The van der Waals surface area contributed by atoms with Crippen LogP contribution in [0.3, 0.4) is 0 Å². The molecule has 0 radical (unpaired) electrons. The average Bonchev–Trinajstić information content (AvgIpc) is 3.95. The van der Waals surface area contributed by atoms with Crippen molar-refractivity contribution < 1.29 is 28.0 Å². The van der Waals surface area contributed by atoms with Gasteiger partial charge in [0, 0.05) is 61.1 Å². The van der Waals surface area contributed by atoms with Gasteiger partial charge in [-0.2, -0.15) is 5.10 Å². The molecule has 1 saturated carbocycles. The van der Waals surface area contributed by atoms with Crippen LogP contribution in [0.4, 0.5) is 11.4 Å². The van der Waals surface area contributed by atoms with Crippen LogP contribution in [0.15, 0.2) is 95.7 Å². The molecular weight excluding hydrogens is 880 g/mol. The summed E-state index contributed by atoms with van der Waals surface area (Å²) in [5.74, 6) is -0.921. The van der Waals surface area contributed by atoms with Gasteiger partial charge in [-0.1, -0.05) is 50.1 Å². The zero-order valence-corrected chi connectivity index (χ0v) is 39.0. The normalized spacial score (nSPS) is 20.5. The first kappa shape index (κ1) is 45.4. The van der Waals surface area contributed by atoms with E-state index in [1.54, 1.807) is 23.1 Å². The lowest BCUT2D eigenvalue weighted by Crippen LogP contribution is -2.47. The number of nitrogens with zero attached hydrogens (tertiary/aromatic N) is 6. The van der Waals surface area contributed by atoms with Crippen LogP contribution in [0.2, 0.25) is 5.02 Å². The zero-order chi connectivity index (χ0) is 46.4. The highest BCUT2D eigenvalue weighted by molar-refractivity contribution is 7.90. The average molecular weight is 936 g/mol. The first-order valence-corrected chi connectivity index (χ1v) is 24.5. The van der Waals surface area contributed by atoms with E-state index in [1.807, 2.05) is 43.3 Å². The highest BCUT2D eigenvalue weighted by Crippen LogP contribution is 2.44. The molecule has 0 bridgehead atoms. The van der Waals surface area contributed by atoms with E-state index < -0.39 is 37.0 Å². The number of allylic oxidation sites excluding steroid dienone is 1. The van der Waals surface area contributed by atoms with Gasteiger partial charge in [-0.15, -0.1) is 0 Å². The number of nitro groups is 1. The van der Waals surface area contributed by atoms with Crippen LogP contribution >= 0.6 is 11.6 Å². The van der Waals surface area contributed by atoms with Crippen LogP contribution in [0.25, 0.3) is 33.3 Å². The summed E-state index contributed by atoms with van der Waals surface area (Å²) in [5, 5.41) is 29.0. The Labute approximate surface area is 389 Å². The summed E-state index contributed by atoms with van der Waals surface area (Å²) in [6.07, 6.45) is 9.88. The second kappa shape index (κ2) is 18.1.